The minimum atomic E-state index is -0.113. The number of hydrogen-bond donors (Lipinski definition) is 2. The molecular weight excluding hydrogens is 268 g/mol. The molecule has 0 atom stereocenters. The van der Waals surface area contributed by atoms with Crippen molar-refractivity contribution in [2.75, 3.05) is 31.5 Å². The molecule has 6 heteroatoms. The molecule has 6 nitrogen and oxygen atoms in total. The smallest absolute Gasteiger partial charge is 0.238 e. The van der Waals surface area contributed by atoms with Crippen LogP contribution in [0, 0.1) is 0 Å². The normalized spacial score (nSPS) is 15.7. The Morgan fingerprint density at radius 1 is 1.33 bits per heavy atom. The van der Waals surface area contributed by atoms with Crippen molar-refractivity contribution in [3.8, 4) is 0 Å². The van der Waals surface area contributed by atoms with Gasteiger partial charge in [-0.15, -0.1) is 0 Å². The van der Waals surface area contributed by atoms with E-state index in [1.165, 1.54) is 0 Å². The SMILES string of the molecule is O=C1CN(CC(=O)Nc2ccc3cnccc3c2)CCN1. The van der Waals surface area contributed by atoms with Crippen molar-refractivity contribution in [3.63, 3.8) is 0 Å². The third-order valence-corrected chi connectivity index (χ3v) is 3.41. The van der Waals surface area contributed by atoms with Crippen LogP contribution in [-0.2, 0) is 9.59 Å². The monoisotopic (exact) mass is 284 g/mol. The van der Waals surface area contributed by atoms with Gasteiger partial charge in [0, 0.05) is 36.6 Å². The molecule has 0 unspecified atom stereocenters. The number of nitrogens with zero attached hydrogens (tertiary/aromatic N) is 2. The molecule has 3 rings (SSSR count). The summed E-state index contributed by atoms with van der Waals surface area (Å²) in [6.07, 6.45) is 3.51. The fraction of sp³-hybridized carbons (Fsp3) is 0.267. The molecule has 1 aromatic heterocycles. The molecule has 0 bridgehead atoms. The second kappa shape index (κ2) is 5.88. The molecule has 108 valence electrons. The predicted molar refractivity (Wildman–Crippen MR) is 79.8 cm³/mol. The molecule has 1 aliphatic rings. The summed E-state index contributed by atoms with van der Waals surface area (Å²) in [4.78, 5) is 29.2. The number of pyridine rings is 1. The number of aromatic nitrogens is 1. The summed E-state index contributed by atoms with van der Waals surface area (Å²) in [6, 6.07) is 7.59. The summed E-state index contributed by atoms with van der Waals surface area (Å²) < 4.78 is 0. The van der Waals surface area contributed by atoms with Crippen molar-refractivity contribution in [2.45, 2.75) is 0 Å². The number of piperazine rings is 1. The fourth-order valence-electron chi connectivity index (χ4n) is 2.39. The van der Waals surface area contributed by atoms with Gasteiger partial charge in [0.15, 0.2) is 0 Å². The van der Waals surface area contributed by atoms with E-state index in [1.807, 2.05) is 29.2 Å². The first-order chi connectivity index (χ1) is 10.2. The van der Waals surface area contributed by atoms with Crippen LogP contribution < -0.4 is 10.6 Å². The zero-order valence-electron chi connectivity index (χ0n) is 11.5. The highest BCUT2D eigenvalue weighted by Gasteiger charge is 2.18. The molecule has 2 amide bonds. The molecule has 0 spiro atoms. The average Bonchev–Trinajstić information content (AvgIpc) is 2.47. The van der Waals surface area contributed by atoms with Gasteiger partial charge in [-0.25, -0.2) is 0 Å². The second-order valence-corrected chi connectivity index (χ2v) is 5.05. The minimum Gasteiger partial charge on any atom is -0.354 e. The predicted octanol–water partition coefficient (Wildman–Crippen LogP) is 0.605. The quantitative estimate of drug-likeness (QED) is 0.866. The van der Waals surface area contributed by atoms with E-state index in [0.717, 1.165) is 16.5 Å². The lowest BCUT2D eigenvalue weighted by Gasteiger charge is -2.25. The number of nitrogens with one attached hydrogen (secondary N) is 2. The maximum absolute atomic E-state index is 12.0. The molecule has 0 aliphatic carbocycles. The Hall–Kier alpha value is -2.47. The Bertz CT molecular complexity index is 686. The van der Waals surface area contributed by atoms with Crippen LogP contribution >= 0.6 is 0 Å². The maximum Gasteiger partial charge on any atom is 0.238 e. The molecule has 2 heterocycles. The van der Waals surface area contributed by atoms with Crippen molar-refractivity contribution in [3.05, 3.63) is 36.7 Å². The van der Waals surface area contributed by atoms with Crippen LogP contribution in [0.4, 0.5) is 5.69 Å². The van der Waals surface area contributed by atoms with Crippen molar-refractivity contribution in [1.29, 1.82) is 0 Å². The number of benzene rings is 1. The molecule has 1 aromatic carbocycles. The van der Waals surface area contributed by atoms with E-state index in [-0.39, 0.29) is 24.9 Å². The van der Waals surface area contributed by atoms with Gasteiger partial charge >= 0.3 is 0 Å². The molecule has 1 aliphatic heterocycles. The third-order valence-electron chi connectivity index (χ3n) is 3.41. The first-order valence-corrected chi connectivity index (χ1v) is 6.83. The Morgan fingerprint density at radius 3 is 3.10 bits per heavy atom. The number of carbonyl (C=O) groups is 2. The Balaban J connectivity index is 1.64. The minimum absolute atomic E-state index is 0.0349. The number of anilines is 1. The number of rotatable bonds is 3. The van der Waals surface area contributed by atoms with Gasteiger partial charge in [-0.3, -0.25) is 19.5 Å². The largest absolute Gasteiger partial charge is 0.354 e. The van der Waals surface area contributed by atoms with Gasteiger partial charge in [0.25, 0.3) is 0 Å². The number of carbonyl (C=O) groups excluding carboxylic acids is 2. The van der Waals surface area contributed by atoms with Crippen LogP contribution in [0.2, 0.25) is 0 Å². The summed E-state index contributed by atoms with van der Waals surface area (Å²) in [5.41, 5.74) is 0.750. The number of fused-ring (bicyclic) bond motifs is 1. The first kappa shape index (κ1) is 13.5. The van der Waals surface area contributed by atoms with Crippen molar-refractivity contribution < 1.29 is 9.59 Å². The lowest BCUT2D eigenvalue weighted by molar-refractivity contribution is -0.125. The lowest BCUT2D eigenvalue weighted by Crippen LogP contribution is -2.49. The zero-order valence-corrected chi connectivity index (χ0v) is 11.5. The van der Waals surface area contributed by atoms with Crippen molar-refractivity contribution in [1.82, 2.24) is 15.2 Å². The Kier molecular flexibility index (Phi) is 3.79. The standard InChI is InChI=1S/C15H16N4O2/c20-14-9-19(6-5-17-14)10-15(21)18-13-2-1-12-8-16-4-3-11(12)7-13/h1-4,7-8H,5-6,9-10H2,(H,17,20)(H,18,21). The van der Waals surface area contributed by atoms with Crippen LogP contribution in [0.1, 0.15) is 0 Å². The van der Waals surface area contributed by atoms with Crippen molar-refractivity contribution in [2.24, 2.45) is 0 Å². The van der Waals surface area contributed by atoms with Gasteiger partial charge in [-0.1, -0.05) is 6.07 Å². The van der Waals surface area contributed by atoms with Gasteiger partial charge in [0.1, 0.15) is 0 Å². The fourth-order valence-corrected chi connectivity index (χ4v) is 2.39. The number of hydrogen-bond acceptors (Lipinski definition) is 4. The van der Waals surface area contributed by atoms with Crippen LogP contribution in [0.15, 0.2) is 36.7 Å². The van der Waals surface area contributed by atoms with Crippen LogP contribution in [0.25, 0.3) is 10.8 Å². The van der Waals surface area contributed by atoms with Crippen LogP contribution in [0.3, 0.4) is 0 Å². The number of amides is 2. The summed E-state index contributed by atoms with van der Waals surface area (Å²) in [5, 5.41) is 7.66. The highest BCUT2D eigenvalue weighted by Crippen LogP contribution is 2.17. The lowest BCUT2D eigenvalue weighted by atomic mass is 10.1. The van der Waals surface area contributed by atoms with E-state index in [0.29, 0.717) is 13.1 Å². The molecule has 2 N–H and O–H groups in total. The molecular formula is C15H16N4O2. The molecule has 2 aromatic rings. The maximum atomic E-state index is 12.0. The zero-order chi connectivity index (χ0) is 14.7. The summed E-state index contributed by atoms with van der Waals surface area (Å²) in [6.45, 7) is 1.79. The summed E-state index contributed by atoms with van der Waals surface area (Å²) in [5.74, 6) is -0.148. The molecule has 0 saturated carbocycles. The van der Waals surface area contributed by atoms with Crippen LogP contribution in [-0.4, -0.2) is 47.9 Å². The van der Waals surface area contributed by atoms with E-state index in [2.05, 4.69) is 15.6 Å². The molecule has 21 heavy (non-hydrogen) atoms. The Morgan fingerprint density at radius 2 is 2.24 bits per heavy atom. The van der Waals surface area contributed by atoms with Gasteiger partial charge in [-0.05, 0) is 23.6 Å². The van der Waals surface area contributed by atoms with Gasteiger partial charge in [0.2, 0.25) is 11.8 Å². The molecule has 0 radical (unpaired) electrons. The van der Waals surface area contributed by atoms with E-state index in [1.54, 1.807) is 12.4 Å². The van der Waals surface area contributed by atoms with Gasteiger partial charge < -0.3 is 10.6 Å². The third kappa shape index (κ3) is 3.35. The highest BCUT2D eigenvalue weighted by molar-refractivity contribution is 5.95. The van der Waals surface area contributed by atoms with E-state index >= 15 is 0 Å². The molecule has 1 saturated heterocycles. The van der Waals surface area contributed by atoms with Gasteiger partial charge in [-0.2, -0.15) is 0 Å². The van der Waals surface area contributed by atoms with Gasteiger partial charge in [0.05, 0.1) is 13.1 Å². The highest BCUT2D eigenvalue weighted by atomic mass is 16.2. The molecule has 1 fully saturated rings. The first-order valence-electron chi connectivity index (χ1n) is 6.83. The van der Waals surface area contributed by atoms with Crippen LogP contribution in [0.5, 0.6) is 0 Å². The van der Waals surface area contributed by atoms with E-state index < -0.39 is 0 Å². The second-order valence-electron chi connectivity index (χ2n) is 5.05. The summed E-state index contributed by atoms with van der Waals surface area (Å²) >= 11 is 0. The van der Waals surface area contributed by atoms with E-state index in [4.69, 9.17) is 0 Å². The van der Waals surface area contributed by atoms with E-state index in [9.17, 15) is 9.59 Å². The topological polar surface area (TPSA) is 74.3 Å². The Labute approximate surface area is 122 Å². The summed E-state index contributed by atoms with van der Waals surface area (Å²) in [7, 11) is 0. The average molecular weight is 284 g/mol. The van der Waals surface area contributed by atoms with Crippen molar-refractivity contribution >= 4 is 28.3 Å².